The maximum atomic E-state index is 12.8. The molecule has 0 saturated carbocycles. The van der Waals surface area contributed by atoms with Crippen molar-refractivity contribution in [1.82, 2.24) is 14.6 Å². The molecule has 0 unspecified atom stereocenters. The van der Waals surface area contributed by atoms with E-state index in [2.05, 4.69) is 10.1 Å². The first-order valence-corrected chi connectivity index (χ1v) is 9.23. The van der Waals surface area contributed by atoms with Crippen LogP contribution in [0, 0.1) is 0 Å². The lowest BCUT2D eigenvalue weighted by Gasteiger charge is -2.07. The minimum atomic E-state index is -0.217. The van der Waals surface area contributed by atoms with Gasteiger partial charge in [0.25, 0.3) is 5.56 Å². The van der Waals surface area contributed by atoms with Crippen molar-refractivity contribution in [2.75, 3.05) is 21.3 Å². The molecule has 0 N–H and O–H groups in total. The highest BCUT2D eigenvalue weighted by atomic mass is 32.1. The molecule has 0 bridgehead atoms. The number of hydrogen-bond acceptors (Lipinski definition) is 7. The summed E-state index contributed by atoms with van der Waals surface area (Å²) >= 11 is 1.28. The van der Waals surface area contributed by atoms with E-state index in [1.807, 2.05) is 30.3 Å². The maximum absolute atomic E-state index is 12.8. The van der Waals surface area contributed by atoms with E-state index in [9.17, 15) is 4.79 Å². The molecule has 0 aliphatic carbocycles. The summed E-state index contributed by atoms with van der Waals surface area (Å²) in [6.07, 6.45) is 1.79. The summed E-state index contributed by atoms with van der Waals surface area (Å²) in [5.41, 5.74) is 1.35. The summed E-state index contributed by atoms with van der Waals surface area (Å²) in [5, 5.41) is 4.37. The van der Waals surface area contributed by atoms with Crippen LogP contribution in [0.15, 0.2) is 47.3 Å². The lowest BCUT2D eigenvalue weighted by Crippen LogP contribution is -2.23. The van der Waals surface area contributed by atoms with E-state index in [1.54, 1.807) is 39.5 Å². The van der Waals surface area contributed by atoms with Crippen LogP contribution in [0.3, 0.4) is 0 Å². The standard InChI is InChI=1S/C20H17N3O4S/c1-25-14-7-5-4-6-12(14)11-17-19(24)23-20(28-17)21-18(22-23)13-8-9-15(26-2)16(10-13)27-3/h4-11H,1-3H3. The van der Waals surface area contributed by atoms with Crippen molar-refractivity contribution in [1.29, 1.82) is 0 Å². The molecule has 28 heavy (non-hydrogen) atoms. The van der Waals surface area contributed by atoms with Crippen LogP contribution >= 0.6 is 11.3 Å². The smallest absolute Gasteiger partial charge is 0.291 e. The van der Waals surface area contributed by atoms with Crippen LogP contribution in [-0.4, -0.2) is 35.9 Å². The topological polar surface area (TPSA) is 74.9 Å². The normalized spacial score (nSPS) is 11.8. The van der Waals surface area contributed by atoms with Gasteiger partial charge in [0.1, 0.15) is 5.75 Å². The highest BCUT2D eigenvalue weighted by molar-refractivity contribution is 7.15. The molecule has 0 aliphatic rings. The quantitative estimate of drug-likeness (QED) is 0.517. The first kappa shape index (κ1) is 18.0. The van der Waals surface area contributed by atoms with Gasteiger partial charge in [-0.1, -0.05) is 29.5 Å². The lowest BCUT2D eigenvalue weighted by molar-refractivity contribution is 0.355. The number of ether oxygens (including phenoxy) is 3. The molecule has 0 amide bonds. The fourth-order valence-corrected chi connectivity index (χ4v) is 3.76. The Morgan fingerprint density at radius 1 is 0.964 bits per heavy atom. The molecule has 0 spiro atoms. The molecule has 0 saturated heterocycles. The van der Waals surface area contributed by atoms with Crippen molar-refractivity contribution in [2.45, 2.75) is 0 Å². The highest BCUT2D eigenvalue weighted by Gasteiger charge is 2.14. The second-order valence-electron chi connectivity index (χ2n) is 5.86. The van der Waals surface area contributed by atoms with Crippen LogP contribution in [0.4, 0.5) is 0 Å². The zero-order chi connectivity index (χ0) is 19.7. The van der Waals surface area contributed by atoms with E-state index >= 15 is 0 Å². The van der Waals surface area contributed by atoms with Crippen molar-refractivity contribution in [3.05, 3.63) is 62.9 Å². The van der Waals surface area contributed by atoms with E-state index < -0.39 is 0 Å². The Hall–Kier alpha value is -3.39. The van der Waals surface area contributed by atoms with Crippen molar-refractivity contribution >= 4 is 22.4 Å². The highest BCUT2D eigenvalue weighted by Crippen LogP contribution is 2.31. The third-order valence-electron chi connectivity index (χ3n) is 4.25. The van der Waals surface area contributed by atoms with Gasteiger partial charge in [0.05, 0.1) is 25.9 Å². The fourth-order valence-electron chi connectivity index (χ4n) is 2.86. The number of thiazole rings is 1. The average Bonchev–Trinajstić information content (AvgIpc) is 3.27. The van der Waals surface area contributed by atoms with Gasteiger partial charge in [-0.3, -0.25) is 4.79 Å². The van der Waals surface area contributed by atoms with Gasteiger partial charge in [-0.2, -0.15) is 9.50 Å². The molecule has 2 aromatic carbocycles. The molecule has 4 aromatic rings. The van der Waals surface area contributed by atoms with E-state index in [0.717, 1.165) is 11.1 Å². The Morgan fingerprint density at radius 3 is 2.43 bits per heavy atom. The SMILES string of the molecule is COc1ccccc1C=c1sc2nc(-c3ccc(OC)c(OC)c3)nn2c1=O. The van der Waals surface area contributed by atoms with Crippen LogP contribution in [0.1, 0.15) is 5.56 Å². The molecule has 0 aliphatic heterocycles. The first-order chi connectivity index (χ1) is 13.6. The molecule has 0 atom stereocenters. The summed E-state index contributed by atoms with van der Waals surface area (Å²) in [4.78, 5) is 17.8. The van der Waals surface area contributed by atoms with Gasteiger partial charge in [-0.25, -0.2) is 0 Å². The third-order valence-corrected chi connectivity index (χ3v) is 5.21. The molecule has 142 valence electrons. The summed E-state index contributed by atoms with van der Waals surface area (Å²) in [5.74, 6) is 2.34. The molecular weight excluding hydrogens is 378 g/mol. The molecular formula is C20H17N3O4S. The van der Waals surface area contributed by atoms with Gasteiger partial charge in [-0.15, -0.1) is 5.10 Å². The summed E-state index contributed by atoms with van der Waals surface area (Å²) in [6.45, 7) is 0. The van der Waals surface area contributed by atoms with Crippen LogP contribution in [0.2, 0.25) is 0 Å². The van der Waals surface area contributed by atoms with Crippen molar-refractivity contribution in [2.24, 2.45) is 0 Å². The summed E-state index contributed by atoms with van der Waals surface area (Å²) < 4.78 is 17.8. The number of fused-ring (bicyclic) bond motifs is 1. The Kier molecular flexibility index (Phi) is 4.70. The number of aromatic nitrogens is 3. The van der Waals surface area contributed by atoms with E-state index in [1.165, 1.54) is 15.9 Å². The van der Waals surface area contributed by atoms with Crippen LogP contribution < -0.4 is 24.3 Å². The van der Waals surface area contributed by atoms with E-state index in [0.29, 0.717) is 32.6 Å². The largest absolute Gasteiger partial charge is 0.496 e. The second kappa shape index (κ2) is 7.32. The van der Waals surface area contributed by atoms with Crippen LogP contribution in [-0.2, 0) is 0 Å². The van der Waals surface area contributed by atoms with E-state index in [-0.39, 0.29) is 5.56 Å². The molecule has 8 heteroatoms. The van der Waals surface area contributed by atoms with Gasteiger partial charge in [0, 0.05) is 11.1 Å². The number of hydrogen-bond donors (Lipinski definition) is 0. The van der Waals surface area contributed by atoms with Crippen molar-refractivity contribution < 1.29 is 14.2 Å². The molecule has 0 fully saturated rings. The fraction of sp³-hybridized carbons (Fsp3) is 0.150. The molecule has 4 rings (SSSR count). The number of benzene rings is 2. The number of methoxy groups -OCH3 is 3. The Balaban J connectivity index is 1.79. The molecule has 2 aromatic heterocycles. The average molecular weight is 395 g/mol. The number of rotatable bonds is 5. The van der Waals surface area contributed by atoms with Crippen molar-refractivity contribution in [3.63, 3.8) is 0 Å². The summed E-state index contributed by atoms with van der Waals surface area (Å²) in [7, 11) is 4.74. The van der Waals surface area contributed by atoms with Gasteiger partial charge < -0.3 is 14.2 Å². The lowest BCUT2D eigenvalue weighted by atomic mass is 10.2. The number of para-hydroxylation sites is 1. The minimum absolute atomic E-state index is 0.217. The Morgan fingerprint density at radius 2 is 1.71 bits per heavy atom. The van der Waals surface area contributed by atoms with Crippen LogP contribution in [0.5, 0.6) is 17.2 Å². The maximum Gasteiger partial charge on any atom is 0.291 e. The predicted molar refractivity (Wildman–Crippen MR) is 107 cm³/mol. The van der Waals surface area contributed by atoms with Crippen LogP contribution in [0.25, 0.3) is 22.4 Å². The number of nitrogens with zero attached hydrogens (tertiary/aromatic N) is 3. The minimum Gasteiger partial charge on any atom is -0.496 e. The van der Waals surface area contributed by atoms with Crippen molar-refractivity contribution in [3.8, 4) is 28.6 Å². The van der Waals surface area contributed by atoms with Gasteiger partial charge >= 0.3 is 0 Å². The van der Waals surface area contributed by atoms with Gasteiger partial charge in [0.2, 0.25) is 4.96 Å². The zero-order valence-electron chi connectivity index (χ0n) is 15.5. The predicted octanol–water partition coefficient (Wildman–Crippen LogP) is 2.39. The Labute approximate surface area is 164 Å². The van der Waals surface area contributed by atoms with Gasteiger partial charge in [-0.05, 0) is 30.3 Å². The monoisotopic (exact) mass is 395 g/mol. The third kappa shape index (κ3) is 3.07. The summed E-state index contributed by atoms with van der Waals surface area (Å²) in [6, 6.07) is 12.9. The van der Waals surface area contributed by atoms with E-state index in [4.69, 9.17) is 14.2 Å². The molecule has 7 nitrogen and oxygen atoms in total. The van der Waals surface area contributed by atoms with Gasteiger partial charge in [0.15, 0.2) is 17.3 Å². The second-order valence-corrected chi connectivity index (χ2v) is 6.87. The first-order valence-electron chi connectivity index (χ1n) is 8.41. The molecule has 0 radical (unpaired) electrons. The zero-order valence-corrected chi connectivity index (χ0v) is 16.3. The molecule has 2 heterocycles. The Bertz CT molecular complexity index is 1260.